The van der Waals surface area contributed by atoms with Crippen LogP contribution in [-0.4, -0.2) is 337 Å². The van der Waals surface area contributed by atoms with E-state index in [0.717, 1.165) is 0 Å². The highest BCUT2D eigenvalue weighted by Crippen LogP contribution is 2.47. The number of likely N-dealkylation sites (N-methyl/N-ethyl adjacent to an activating group) is 1. The number of hydrogen-bond donors (Lipinski definition) is 12. The molecule has 0 saturated carbocycles. The normalized spacial score (nSPS) is 44.7. The van der Waals surface area contributed by atoms with Crippen LogP contribution in [0.25, 0.3) is 0 Å². The van der Waals surface area contributed by atoms with Gasteiger partial charge < -0.3 is 138 Å². The standard InChI is InChI=1S/C34H64N2O10.2C33H60FNO10.3C2H6/c1-14-25-34(10,41)29(37)21(4)27(35-43-16-15-36(11)12)19(2)17-32(8,40)23(6)20(3)28(22(5)31(39)45-25)46-26-18-33(9,42-13)30(38)24(7)44-26;2*1-12-24-33(10,40)28(36)20(4)26(35-42-15-13-14-34)18(2)16-31(8,39)22(6)19(3)27(21(5)30(38)44-24)45-25-17-32(9,41-11)29(37)23(7)43-25;3*1-2/h19-26,28-30,37-38,40-41H,14-18H2,1-13H3;2*18-25,27-29,36-37,39-40H,12-17H2,1-11H3;3*1-2H3/t19-,20-,21+,22-,23-,24+,25-,26+,28+,29+,30+,32-,33-,34-;2*18-,19-,20+,21-,22-,23+,24-,25+,27+,28+,29+,31-,32-,33-;;;/m111.../s1. The Hall–Kier alpha value is -4.20. The Labute approximate surface area is 851 Å². The number of methoxy groups -OCH3 is 3. The lowest BCUT2D eigenvalue weighted by molar-refractivity contribution is -0.298. The van der Waals surface area contributed by atoms with E-state index in [1.807, 2.05) is 123 Å². The van der Waals surface area contributed by atoms with Gasteiger partial charge in [0.25, 0.3) is 0 Å². The summed E-state index contributed by atoms with van der Waals surface area (Å²) in [6.07, 6.45) is -14.6. The van der Waals surface area contributed by atoms with E-state index in [4.69, 9.17) is 71.4 Å². The van der Waals surface area contributed by atoms with Crippen LogP contribution in [0.3, 0.4) is 0 Å². The van der Waals surface area contributed by atoms with Crippen molar-refractivity contribution in [3.05, 3.63) is 0 Å². The van der Waals surface area contributed by atoms with Crippen LogP contribution in [0.1, 0.15) is 320 Å². The van der Waals surface area contributed by atoms with Gasteiger partial charge in [-0.15, -0.1) is 0 Å². The Morgan fingerprint density at radius 1 is 0.352 bits per heavy atom. The molecule has 0 amide bonds. The molecule has 0 aliphatic carbocycles. The van der Waals surface area contributed by atoms with Crippen LogP contribution in [0.15, 0.2) is 15.5 Å². The first-order valence-corrected chi connectivity index (χ1v) is 52.7. The Bertz CT molecular complexity index is 3550. The van der Waals surface area contributed by atoms with Gasteiger partial charge in [0.1, 0.15) is 73.2 Å². The molecule has 42 atom stereocenters. The molecule has 36 heteroatoms. The number of cyclic esters (lactones) is 3. The lowest BCUT2D eigenvalue weighted by Crippen LogP contribution is -2.58. The third-order valence-electron chi connectivity index (χ3n) is 31.8. The average Bonchev–Trinajstić information content (AvgIpc) is 0.781. The number of alkyl halides is 2. The van der Waals surface area contributed by atoms with Gasteiger partial charge >= 0.3 is 17.9 Å². The van der Waals surface area contributed by atoms with Crippen LogP contribution in [-0.2, 0) is 85.7 Å². The van der Waals surface area contributed by atoms with Crippen molar-refractivity contribution < 1.29 is 156 Å². The summed E-state index contributed by atoms with van der Waals surface area (Å²) in [5.41, 5.74) is -11.1. The number of carbonyl (C=O) groups is 3. The predicted octanol–water partition coefficient (Wildman–Crippen LogP) is 13.6. The Balaban J connectivity index is 0.00000104. The van der Waals surface area contributed by atoms with E-state index in [1.165, 1.54) is 42.1 Å². The highest BCUT2D eigenvalue weighted by Gasteiger charge is 2.57. The zero-order chi connectivity index (χ0) is 110. The summed E-state index contributed by atoms with van der Waals surface area (Å²) in [6, 6.07) is 0. The van der Waals surface area contributed by atoms with Gasteiger partial charge in [0.2, 0.25) is 0 Å². The average molecular weight is 2050 g/mol. The van der Waals surface area contributed by atoms with Crippen molar-refractivity contribution in [1.29, 1.82) is 0 Å². The number of oxime groups is 3. The van der Waals surface area contributed by atoms with Gasteiger partial charge in [-0.25, -0.2) is 0 Å². The van der Waals surface area contributed by atoms with Crippen molar-refractivity contribution in [1.82, 2.24) is 4.90 Å². The van der Waals surface area contributed by atoms with Crippen molar-refractivity contribution in [2.24, 2.45) is 104 Å². The van der Waals surface area contributed by atoms with E-state index in [2.05, 4.69) is 15.5 Å². The maximum absolute atomic E-state index is 13.8. The molecule has 6 aliphatic heterocycles. The van der Waals surface area contributed by atoms with Crippen molar-refractivity contribution in [2.75, 3.05) is 75.1 Å². The quantitative estimate of drug-likeness (QED) is 0.0185. The minimum atomic E-state index is -1.89. The van der Waals surface area contributed by atoms with Gasteiger partial charge in [-0.1, -0.05) is 161 Å². The molecule has 0 aromatic heterocycles. The topological polar surface area (TPSA) is 473 Å². The molecule has 0 aromatic rings. The van der Waals surface area contributed by atoms with Crippen molar-refractivity contribution in [3.8, 4) is 0 Å². The highest BCUT2D eigenvalue weighted by atomic mass is 19.1. The molecule has 0 unspecified atom stereocenters. The summed E-state index contributed by atoms with van der Waals surface area (Å²) in [5, 5.41) is 151. The van der Waals surface area contributed by atoms with E-state index in [-0.39, 0.29) is 102 Å². The van der Waals surface area contributed by atoms with Crippen molar-refractivity contribution in [2.45, 2.75) is 481 Å². The smallest absolute Gasteiger partial charge is 0.311 e. The van der Waals surface area contributed by atoms with Crippen molar-refractivity contribution in [3.63, 3.8) is 0 Å². The van der Waals surface area contributed by atoms with Gasteiger partial charge in [-0.3, -0.25) is 23.2 Å². The first kappa shape index (κ1) is 136. The number of halogens is 2. The molecule has 6 rings (SSSR count). The van der Waals surface area contributed by atoms with Gasteiger partial charge in [0, 0.05) is 95.5 Å². The lowest BCUT2D eigenvalue weighted by atomic mass is 9.70. The highest BCUT2D eigenvalue weighted by molar-refractivity contribution is 5.90. The molecule has 0 radical (unpaired) electrons. The van der Waals surface area contributed by atoms with Crippen LogP contribution in [0.5, 0.6) is 0 Å². The van der Waals surface area contributed by atoms with Crippen molar-refractivity contribution >= 4 is 35.0 Å². The molecule has 6 heterocycles. The molecule has 142 heavy (non-hydrogen) atoms. The van der Waals surface area contributed by atoms with Gasteiger partial charge in [0.15, 0.2) is 18.9 Å². The maximum atomic E-state index is 13.8. The lowest BCUT2D eigenvalue weighted by Gasteiger charge is -2.47. The maximum Gasteiger partial charge on any atom is 0.311 e. The summed E-state index contributed by atoms with van der Waals surface area (Å²) < 4.78 is 98.0. The summed E-state index contributed by atoms with van der Waals surface area (Å²) in [7, 11) is 8.40. The molecule has 0 spiro atoms. The van der Waals surface area contributed by atoms with Gasteiger partial charge in [-0.2, -0.15) is 0 Å². The summed E-state index contributed by atoms with van der Waals surface area (Å²) in [6.45, 7) is 64.4. The van der Waals surface area contributed by atoms with E-state index in [1.54, 1.807) is 125 Å². The first-order valence-electron chi connectivity index (χ1n) is 52.7. The van der Waals surface area contributed by atoms with E-state index >= 15 is 0 Å². The Morgan fingerprint density at radius 2 is 0.570 bits per heavy atom. The fourth-order valence-electron chi connectivity index (χ4n) is 20.9. The zero-order valence-corrected chi connectivity index (χ0v) is 94.8. The van der Waals surface area contributed by atoms with Crippen LogP contribution < -0.4 is 0 Å². The van der Waals surface area contributed by atoms with E-state index < -0.39 is 263 Å². The number of carbonyl (C=O) groups excluding carboxylic acids is 3. The SMILES string of the molecule is CC.CC.CC.CC[C@H]1OC(=O)[C@H](C)[C@@H](O[C@H]2C[C@@](C)(OC)[C@@H](O)[C@H](C)O2)[C@H](C)[C@@H](C)[C@](C)(O)C[C@@H](C)C(=NOCCCF)[C@H](C)[C@H](O)[C@]1(C)O.CC[C@H]1OC(=O)[C@H](C)[C@@H](O[C@H]2C[C@@](C)(OC)[C@@H](O)[C@H](C)O2)[C@H](C)[C@@H](C)[C@](C)(O)C[C@@H](C)C(=NOCCCF)[C@H](C)[C@H](O)[C@]1(C)O.CC[C@H]1OC(=O)[C@H](C)[C@@H](O[C@H]2C[C@@](C)(OC)[C@@H](O)[C@H](C)O2)[C@H](C)[C@@H](C)[C@](C)(O)C[C@@H](C)C(=NOCCN(C)C)[C@H](C)[C@H](O)[C@]1(C)O. The fourth-order valence-corrected chi connectivity index (χ4v) is 20.9. The monoisotopic (exact) mass is 2050 g/mol. The van der Waals surface area contributed by atoms with Crippen LogP contribution in [0, 0.1) is 88.8 Å². The Morgan fingerprint density at radius 3 is 0.768 bits per heavy atom. The third-order valence-corrected chi connectivity index (χ3v) is 31.8. The molecule has 6 fully saturated rings. The number of ether oxygens (including phenoxy) is 12. The second kappa shape index (κ2) is 60.1. The third kappa shape index (κ3) is 35.5. The van der Waals surface area contributed by atoms with E-state index in [9.17, 15) is 84.4 Å². The molecule has 6 saturated heterocycles. The number of aliphatic hydroxyl groups excluding tert-OH is 6. The number of esters is 3. The molecule has 840 valence electrons. The summed E-state index contributed by atoms with van der Waals surface area (Å²) >= 11 is 0. The minimum Gasteiger partial charge on any atom is -0.459 e. The number of aliphatic hydroxyl groups is 12. The first-order chi connectivity index (χ1) is 65.7. The number of nitrogens with zero attached hydrogens (tertiary/aromatic N) is 4. The molecule has 34 nitrogen and oxygen atoms in total. The zero-order valence-electron chi connectivity index (χ0n) is 94.8. The van der Waals surface area contributed by atoms with Crippen LogP contribution >= 0.6 is 0 Å². The van der Waals surface area contributed by atoms with Crippen LogP contribution in [0.2, 0.25) is 0 Å². The fraction of sp³-hybridized carbons (Fsp3) is 0.943. The molecule has 0 aromatic carbocycles. The molecular formula is C106H202F2N4O30. The van der Waals surface area contributed by atoms with E-state index in [0.29, 0.717) is 30.3 Å². The molecule has 6 aliphatic rings. The summed E-state index contributed by atoms with van der Waals surface area (Å²) in [5.74, 6) is -10.3. The molecular weight excluding hydrogens is 1850 g/mol. The minimum absolute atomic E-state index is 0.0306. The summed E-state index contributed by atoms with van der Waals surface area (Å²) in [4.78, 5) is 59.8. The molecule has 12 N–H and O–H groups in total. The van der Waals surface area contributed by atoms with Crippen LogP contribution in [0.4, 0.5) is 8.78 Å². The second-order valence-corrected chi connectivity index (χ2v) is 43.1. The van der Waals surface area contributed by atoms with Gasteiger partial charge in [-0.05, 0) is 192 Å². The van der Waals surface area contributed by atoms with Gasteiger partial charge in [0.05, 0.1) is 137 Å². The Kier molecular flexibility index (Phi) is 57.5. The number of hydrogen-bond acceptors (Lipinski definition) is 34. The largest absolute Gasteiger partial charge is 0.459 e. The second-order valence-electron chi connectivity index (χ2n) is 43.1. The predicted molar refractivity (Wildman–Crippen MR) is 543 cm³/mol. The molecule has 0 bridgehead atoms. The number of rotatable bonds is 24.